The predicted molar refractivity (Wildman–Crippen MR) is 74.4 cm³/mol. The van der Waals surface area contributed by atoms with Gasteiger partial charge in [0.2, 0.25) is 10.0 Å². The minimum absolute atomic E-state index is 0.0370. The molecule has 9 heteroatoms. The Bertz CT molecular complexity index is 666. The van der Waals surface area contributed by atoms with Crippen LogP contribution in [0.1, 0.15) is 6.42 Å². The van der Waals surface area contributed by atoms with E-state index in [9.17, 15) is 22.7 Å². The van der Waals surface area contributed by atoms with Crippen molar-refractivity contribution >= 4 is 31.9 Å². The van der Waals surface area contributed by atoms with Crippen LogP contribution in [0.3, 0.4) is 0 Å². The summed E-state index contributed by atoms with van der Waals surface area (Å²) in [5.74, 6) is -1.33. The Morgan fingerprint density at radius 1 is 1.52 bits per heavy atom. The lowest BCUT2D eigenvalue weighted by molar-refractivity contribution is -0.144. The average molecular weight is 382 g/mol. The van der Waals surface area contributed by atoms with Crippen molar-refractivity contribution in [2.75, 3.05) is 13.7 Å². The van der Waals surface area contributed by atoms with Gasteiger partial charge in [-0.2, -0.15) is 4.31 Å². The number of carbonyl (C=O) groups excluding carboxylic acids is 1. The highest BCUT2D eigenvalue weighted by molar-refractivity contribution is 9.10. The van der Waals surface area contributed by atoms with Crippen LogP contribution in [-0.4, -0.2) is 49.6 Å². The highest BCUT2D eigenvalue weighted by Crippen LogP contribution is 2.31. The normalized spacial score (nSPS) is 23.2. The van der Waals surface area contributed by atoms with E-state index in [4.69, 9.17) is 0 Å². The molecule has 0 saturated carbocycles. The number of β-amino-alcohol motifs (C(OH)–C–C–N with tert-alkyl or cyclic N) is 1. The van der Waals surface area contributed by atoms with Gasteiger partial charge in [-0.25, -0.2) is 12.8 Å². The molecule has 0 amide bonds. The molecule has 1 aromatic carbocycles. The molecule has 0 radical (unpaired) electrons. The second kappa shape index (κ2) is 5.99. The molecule has 1 saturated heterocycles. The molecule has 2 atom stereocenters. The van der Waals surface area contributed by atoms with Crippen LogP contribution >= 0.6 is 15.9 Å². The number of hydrogen-bond donors (Lipinski definition) is 1. The molecule has 1 N–H and O–H groups in total. The number of aliphatic hydroxyl groups is 1. The molecule has 2 unspecified atom stereocenters. The molecule has 0 aromatic heterocycles. The molecule has 1 aliphatic heterocycles. The van der Waals surface area contributed by atoms with Gasteiger partial charge >= 0.3 is 5.97 Å². The van der Waals surface area contributed by atoms with Crippen LogP contribution in [-0.2, 0) is 19.6 Å². The first kappa shape index (κ1) is 16.3. The van der Waals surface area contributed by atoms with Crippen molar-refractivity contribution in [2.24, 2.45) is 0 Å². The Morgan fingerprint density at radius 2 is 2.19 bits per heavy atom. The fourth-order valence-corrected chi connectivity index (χ4v) is 4.85. The molecule has 1 heterocycles. The molecule has 116 valence electrons. The first-order chi connectivity index (χ1) is 9.77. The first-order valence-corrected chi connectivity index (χ1v) is 8.23. The van der Waals surface area contributed by atoms with E-state index < -0.39 is 34.0 Å². The molecule has 1 fully saturated rings. The molecule has 21 heavy (non-hydrogen) atoms. The minimum Gasteiger partial charge on any atom is -0.468 e. The molecule has 0 aliphatic carbocycles. The van der Waals surface area contributed by atoms with Crippen molar-refractivity contribution in [3.63, 3.8) is 0 Å². The predicted octanol–water partition coefficient (Wildman–Crippen LogP) is 0.885. The van der Waals surface area contributed by atoms with Gasteiger partial charge in [-0.15, -0.1) is 0 Å². The molecular formula is C12H13BrFNO5S. The fourth-order valence-electron chi connectivity index (χ4n) is 2.21. The summed E-state index contributed by atoms with van der Waals surface area (Å²) in [5, 5.41) is 9.65. The van der Waals surface area contributed by atoms with E-state index in [2.05, 4.69) is 20.7 Å². The van der Waals surface area contributed by atoms with Gasteiger partial charge in [-0.1, -0.05) is 0 Å². The molecular weight excluding hydrogens is 369 g/mol. The molecule has 6 nitrogen and oxygen atoms in total. The largest absolute Gasteiger partial charge is 0.468 e. The zero-order valence-electron chi connectivity index (χ0n) is 11.0. The van der Waals surface area contributed by atoms with Crippen LogP contribution in [0.4, 0.5) is 4.39 Å². The third-order valence-corrected chi connectivity index (χ3v) is 6.04. The van der Waals surface area contributed by atoms with E-state index in [0.717, 1.165) is 29.6 Å². The maximum absolute atomic E-state index is 13.1. The fraction of sp³-hybridized carbons (Fsp3) is 0.417. The van der Waals surface area contributed by atoms with Crippen LogP contribution in [0.2, 0.25) is 0 Å². The molecule has 2 rings (SSSR count). The van der Waals surface area contributed by atoms with Crippen LogP contribution in [0.5, 0.6) is 0 Å². The summed E-state index contributed by atoms with van der Waals surface area (Å²) < 4.78 is 43.8. The van der Waals surface area contributed by atoms with Gasteiger partial charge in [-0.3, -0.25) is 4.79 Å². The molecule has 0 spiro atoms. The van der Waals surface area contributed by atoms with E-state index in [1.54, 1.807) is 0 Å². The molecule has 1 aromatic rings. The summed E-state index contributed by atoms with van der Waals surface area (Å²) in [6.07, 6.45) is -0.992. The second-order valence-corrected chi connectivity index (χ2v) is 7.29. The van der Waals surface area contributed by atoms with E-state index in [0.29, 0.717) is 0 Å². The lowest BCUT2D eigenvalue weighted by atomic mass is 10.2. The van der Waals surface area contributed by atoms with Gasteiger partial charge < -0.3 is 9.84 Å². The number of halogens is 2. The van der Waals surface area contributed by atoms with Crippen LogP contribution < -0.4 is 0 Å². The first-order valence-electron chi connectivity index (χ1n) is 6.00. The zero-order valence-corrected chi connectivity index (χ0v) is 13.4. The van der Waals surface area contributed by atoms with Crippen molar-refractivity contribution in [3.8, 4) is 0 Å². The second-order valence-electron chi connectivity index (χ2n) is 4.58. The third-order valence-electron chi connectivity index (χ3n) is 3.19. The highest BCUT2D eigenvalue weighted by Gasteiger charge is 2.44. The summed E-state index contributed by atoms with van der Waals surface area (Å²) in [5.41, 5.74) is 0. The summed E-state index contributed by atoms with van der Waals surface area (Å²) in [4.78, 5) is 11.5. The SMILES string of the molecule is COC(=O)C1CC(O)CN1S(=O)(=O)c1ccc(F)cc1Br. The van der Waals surface area contributed by atoms with Crippen LogP contribution in [0, 0.1) is 5.82 Å². The quantitative estimate of drug-likeness (QED) is 0.785. The van der Waals surface area contributed by atoms with Gasteiger partial charge in [0.05, 0.1) is 18.1 Å². The maximum Gasteiger partial charge on any atom is 0.324 e. The van der Waals surface area contributed by atoms with E-state index >= 15 is 0 Å². The Balaban J connectivity index is 2.44. The number of hydrogen-bond acceptors (Lipinski definition) is 5. The van der Waals surface area contributed by atoms with Gasteiger partial charge in [-0.05, 0) is 34.1 Å². The molecule has 0 bridgehead atoms. The number of aliphatic hydroxyl groups excluding tert-OH is 1. The van der Waals surface area contributed by atoms with E-state index in [-0.39, 0.29) is 22.3 Å². The summed E-state index contributed by atoms with van der Waals surface area (Å²) in [6.45, 7) is -0.216. The number of methoxy groups -OCH3 is 1. The van der Waals surface area contributed by atoms with Gasteiger partial charge in [0.15, 0.2) is 0 Å². The zero-order chi connectivity index (χ0) is 15.8. The number of nitrogens with zero attached hydrogens (tertiary/aromatic N) is 1. The average Bonchev–Trinajstić information content (AvgIpc) is 2.80. The van der Waals surface area contributed by atoms with Crippen molar-refractivity contribution < 1.29 is 27.4 Å². The van der Waals surface area contributed by atoms with E-state index in [1.807, 2.05) is 0 Å². The Morgan fingerprint density at radius 3 is 2.76 bits per heavy atom. The number of esters is 1. The summed E-state index contributed by atoms with van der Waals surface area (Å²) in [6, 6.07) is 2.05. The van der Waals surface area contributed by atoms with Crippen molar-refractivity contribution in [1.29, 1.82) is 0 Å². The molecule has 1 aliphatic rings. The van der Waals surface area contributed by atoms with Crippen molar-refractivity contribution in [1.82, 2.24) is 4.31 Å². The highest BCUT2D eigenvalue weighted by atomic mass is 79.9. The number of benzene rings is 1. The number of ether oxygens (including phenoxy) is 1. The van der Waals surface area contributed by atoms with Gasteiger partial charge in [0.25, 0.3) is 0 Å². The van der Waals surface area contributed by atoms with Crippen molar-refractivity contribution in [3.05, 3.63) is 28.5 Å². The third kappa shape index (κ3) is 3.10. The van der Waals surface area contributed by atoms with Gasteiger partial charge in [0, 0.05) is 17.4 Å². The lowest BCUT2D eigenvalue weighted by Gasteiger charge is -2.22. The smallest absolute Gasteiger partial charge is 0.324 e. The Kier molecular flexibility index (Phi) is 4.66. The number of rotatable bonds is 3. The summed E-state index contributed by atoms with van der Waals surface area (Å²) in [7, 11) is -2.92. The van der Waals surface area contributed by atoms with Crippen LogP contribution in [0.25, 0.3) is 0 Å². The minimum atomic E-state index is -4.06. The monoisotopic (exact) mass is 381 g/mol. The Labute approximate surface area is 129 Å². The van der Waals surface area contributed by atoms with Gasteiger partial charge in [0.1, 0.15) is 11.9 Å². The van der Waals surface area contributed by atoms with Crippen LogP contribution in [0.15, 0.2) is 27.6 Å². The lowest BCUT2D eigenvalue weighted by Crippen LogP contribution is -2.41. The standard InChI is InChI=1S/C12H13BrFNO5S/c1-20-12(17)10-5-8(16)6-15(10)21(18,19)11-3-2-7(14)4-9(11)13/h2-4,8,10,16H,5-6H2,1H3. The number of sulfonamides is 1. The Hall–Kier alpha value is -1.03. The van der Waals surface area contributed by atoms with E-state index in [1.165, 1.54) is 0 Å². The topological polar surface area (TPSA) is 83.9 Å². The summed E-state index contributed by atoms with van der Waals surface area (Å²) >= 11 is 2.99. The van der Waals surface area contributed by atoms with Crippen molar-refractivity contribution in [2.45, 2.75) is 23.5 Å². The number of carbonyl (C=O) groups is 1. The maximum atomic E-state index is 13.1.